The molecule has 0 radical (unpaired) electrons. The lowest BCUT2D eigenvalue weighted by atomic mass is 10.0. The first-order valence-corrected chi connectivity index (χ1v) is 9.46. The van der Waals surface area contributed by atoms with Gasteiger partial charge in [-0.2, -0.15) is 0 Å². The minimum Gasteiger partial charge on any atom is -0.313 e. The van der Waals surface area contributed by atoms with Crippen molar-refractivity contribution in [3.8, 4) is 0 Å². The number of rotatable bonds is 8. The molecule has 0 saturated heterocycles. The van der Waals surface area contributed by atoms with E-state index in [0.717, 1.165) is 17.4 Å². The molecule has 20 heavy (non-hydrogen) atoms. The summed E-state index contributed by atoms with van der Waals surface area (Å²) in [7, 11) is 1.02. The van der Waals surface area contributed by atoms with Crippen LogP contribution in [0.1, 0.15) is 18.0 Å². The quantitative estimate of drug-likeness (QED) is 0.768. The van der Waals surface area contributed by atoms with E-state index in [1.54, 1.807) is 0 Å². The molecule has 0 aromatic heterocycles. The SMILES string of the molecule is CNC(CCN(C)CCS(C)(=O)=O)c1ccc(Br)cc1. The molecule has 0 saturated carbocycles. The number of sulfone groups is 1. The third-order valence-electron chi connectivity index (χ3n) is 3.26. The van der Waals surface area contributed by atoms with Gasteiger partial charge >= 0.3 is 0 Å². The number of hydrogen-bond donors (Lipinski definition) is 1. The monoisotopic (exact) mass is 362 g/mol. The van der Waals surface area contributed by atoms with Gasteiger partial charge in [-0.25, -0.2) is 8.42 Å². The van der Waals surface area contributed by atoms with Gasteiger partial charge in [-0.1, -0.05) is 28.1 Å². The van der Waals surface area contributed by atoms with E-state index in [1.807, 2.05) is 26.2 Å². The Labute approximate surface area is 130 Å². The molecule has 1 N–H and O–H groups in total. The standard InChI is InChI=1S/C14H23BrN2O2S/c1-16-14(12-4-6-13(15)7-5-12)8-9-17(2)10-11-20(3,18)19/h4-7,14,16H,8-11H2,1-3H3. The first-order valence-electron chi connectivity index (χ1n) is 6.61. The average molecular weight is 363 g/mol. The zero-order valence-electron chi connectivity index (χ0n) is 12.3. The Kier molecular flexibility index (Phi) is 7.15. The Morgan fingerprint density at radius 3 is 2.35 bits per heavy atom. The summed E-state index contributed by atoms with van der Waals surface area (Å²) in [5.41, 5.74) is 1.24. The minimum atomic E-state index is -2.88. The summed E-state index contributed by atoms with van der Waals surface area (Å²) < 4.78 is 23.4. The fourth-order valence-electron chi connectivity index (χ4n) is 1.96. The Hall–Kier alpha value is -0.430. The molecule has 1 atom stereocenters. The molecule has 0 heterocycles. The highest BCUT2D eigenvalue weighted by Crippen LogP contribution is 2.19. The zero-order chi connectivity index (χ0) is 15.2. The second-order valence-corrected chi connectivity index (χ2v) is 8.29. The van der Waals surface area contributed by atoms with Crippen LogP contribution < -0.4 is 5.32 Å². The molecule has 0 amide bonds. The van der Waals surface area contributed by atoms with Crippen LogP contribution in [-0.2, 0) is 9.84 Å². The summed E-state index contributed by atoms with van der Waals surface area (Å²) in [6.07, 6.45) is 2.22. The molecule has 1 unspecified atom stereocenters. The molecule has 0 aliphatic heterocycles. The van der Waals surface area contributed by atoms with Gasteiger partial charge in [-0.15, -0.1) is 0 Å². The van der Waals surface area contributed by atoms with Gasteiger partial charge in [0.05, 0.1) is 5.75 Å². The maximum Gasteiger partial charge on any atom is 0.148 e. The van der Waals surface area contributed by atoms with Crippen LogP contribution in [-0.4, -0.2) is 52.5 Å². The van der Waals surface area contributed by atoms with Crippen molar-refractivity contribution in [3.63, 3.8) is 0 Å². The van der Waals surface area contributed by atoms with E-state index in [-0.39, 0.29) is 11.8 Å². The van der Waals surface area contributed by atoms with Crippen LogP contribution >= 0.6 is 15.9 Å². The van der Waals surface area contributed by atoms with Crippen LogP contribution in [0.5, 0.6) is 0 Å². The first kappa shape index (κ1) is 17.6. The number of benzene rings is 1. The zero-order valence-corrected chi connectivity index (χ0v) is 14.7. The Bertz CT molecular complexity index is 502. The van der Waals surface area contributed by atoms with Crippen molar-refractivity contribution in [3.05, 3.63) is 34.3 Å². The van der Waals surface area contributed by atoms with Crippen molar-refractivity contribution in [1.82, 2.24) is 10.2 Å². The van der Waals surface area contributed by atoms with Gasteiger partial charge < -0.3 is 10.2 Å². The number of nitrogens with zero attached hydrogens (tertiary/aromatic N) is 1. The summed E-state index contributed by atoms with van der Waals surface area (Å²) in [5, 5.41) is 3.31. The van der Waals surface area contributed by atoms with Crippen molar-refractivity contribution >= 4 is 25.8 Å². The van der Waals surface area contributed by atoms with Crippen LogP contribution in [0.4, 0.5) is 0 Å². The van der Waals surface area contributed by atoms with E-state index in [9.17, 15) is 8.42 Å². The average Bonchev–Trinajstić information content (AvgIpc) is 2.38. The number of hydrogen-bond acceptors (Lipinski definition) is 4. The lowest BCUT2D eigenvalue weighted by Gasteiger charge is -2.21. The predicted molar refractivity (Wildman–Crippen MR) is 87.8 cm³/mol. The molecular formula is C14H23BrN2O2S. The summed E-state index contributed by atoms with van der Waals surface area (Å²) in [6, 6.07) is 8.55. The van der Waals surface area contributed by atoms with E-state index in [2.05, 4.69) is 38.3 Å². The molecule has 0 spiro atoms. The highest BCUT2D eigenvalue weighted by Gasteiger charge is 2.11. The molecule has 114 valence electrons. The fourth-order valence-corrected chi connectivity index (χ4v) is 2.86. The normalized spacial score (nSPS) is 13.7. The van der Waals surface area contributed by atoms with Gasteiger partial charge in [0, 0.05) is 23.3 Å². The Balaban J connectivity index is 2.47. The number of halogens is 1. The van der Waals surface area contributed by atoms with Crippen LogP contribution in [0.3, 0.4) is 0 Å². The number of nitrogens with one attached hydrogen (secondary N) is 1. The topological polar surface area (TPSA) is 49.4 Å². The maximum atomic E-state index is 11.1. The van der Waals surface area contributed by atoms with Gasteiger partial charge in [-0.05, 0) is 44.8 Å². The molecule has 1 aromatic rings. The minimum absolute atomic E-state index is 0.214. The molecule has 0 aliphatic rings. The fraction of sp³-hybridized carbons (Fsp3) is 0.571. The first-order chi connectivity index (χ1) is 9.31. The second kappa shape index (κ2) is 8.12. The molecule has 6 heteroatoms. The molecule has 0 bridgehead atoms. The summed E-state index contributed by atoms with van der Waals surface area (Å²) in [4.78, 5) is 2.06. The molecule has 1 aromatic carbocycles. The lowest BCUT2D eigenvalue weighted by Crippen LogP contribution is -2.29. The van der Waals surface area contributed by atoms with Crippen LogP contribution in [0.2, 0.25) is 0 Å². The predicted octanol–water partition coefficient (Wildman–Crippen LogP) is 2.08. The van der Waals surface area contributed by atoms with Crippen molar-refractivity contribution < 1.29 is 8.42 Å². The smallest absolute Gasteiger partial charge is 0.148 e. The van der Waals surface area contributed by atoms with E-state index >= 15 is 0 Å². The van der Waals surface area contributed by atoms with E-state index in [0.29, 0.717) is 6.54 Å². The highest BCUT2D eigenvalue weighted by atomic mass is 79.9. The Morgan fingerprint density at radius 2 is 1.85 bits per heavy atom. The molecule has 1 rings (SSSR count). The summed E-state index contributed by atoms with van der Waals surface area (Å²) in [5.74, 6) is 0.214. The third-order valence-corrected chi connectivity index (χ3v) is 4.72. The van der Waals surface area contributed by atoms with Gasteiger partial charge in [0.25, 0.3) is 0 Å². The van der Waals surface area contributed by atoms with Crippen LogP contribution in [0.25, 0.3) is 0 Å². The van der Waals surface area contributed by atoms with Gasteiger partial charge in [0.2, 0.25) is 0 Å². The van der Waals surface area contributed by atoms with Gasteiger partial charge in [0.15, 0.2) is 0 Å². The van der Waals surface area contributed by atoms with Gasteiger partial charge in [-0.3, -0.25) is 0 Å². The van der Waals surface area contributed by atoms with Crippen molar-refractivity contribution in [2.45, 2.75) is 12.5 Å². The highest BCUT2D eigenvalue weighted by molar-refractivity contribution is 9.10. The molecule has 4 nitrogen and oxygen atoms in total. The van der Waals surface area contributed by atoms with E-state index in [1.165, 1.54) is 11.8 Å². The van der Waals surface area contributed by atoms with Crippen LogP contribution in [0.15, 0.2) is 28.7 Å². The summed E-state index contributed by atoms with van der Waals surface area (Å²) >= 11 is 3.43. The van der Waals surface area contributed by atoms with Crippen molar-refractivity contribution in [2.75, 3.05) is 39.2 Å². The second-order valence-electron chi connectivity index (χ2n) is 5.11. The molecule has 0 aliphatic carbocycles. The van der Waals surface area contributed by atoms with E-state index < -0.39 is 9.84 Å². The Morgan fingerprint density at radius 1 is 1.25 bits per heavy atom. The van der Waals surface area contributed by atoms with Crippen LogP contribution in [0, 0.1) is 0 Å². The van der Waals surface area contributed by atoms with Crippen molar-refractivity contribution in [1.29, 1.82) is 0 Å². The largest absolute Gasteiger partial charge is 0.313 e. The van der Waals surface area contributed by atoms with E-state index in [4.69, 9.17) is 0 Å². The van der Waals surface area contributed by atoms with Crippen molar-refractivity contribution in [2.24, 2.45) is 0 Å². The summed E-state index contributed by atoms with van der Waals surface area (Å²) in [6.45, 7) is 1.44. The maximum absolute atomic E-state index is 11.1. The lowest BCUT2D eigenvalue weighted by molar-refractivity contribution is 0.326. The molecule has 0 fully saturated rings. The third kappa shape index (κ3) is 6.83. The van der Waals surface area contributed by atoms with Gasteiger partial charge in [0.1, 0.15) is 9.84 Å². The molecular weight excluding hydrogens is 340 g/mol.